The summed E-state index contributed by atoms with van der Waals surface area (Å²) in [6.07, 6.45) is 3.78. The van der Waals surface area contributed by atoms with Gasteiger partial charge in [0.1, 0.15) is 5.82 Å². The van der Waals surface area contributed by atoms with Gasteiger partial charge in [-0.2, -0.15) is 0 Å². The normalized spacial score (nSPS) is 18.6. The minimum Gasteiger partial charge on any atom is -0.357 e. The standard InChI is InChI=1S/C10H14ClN3/c11-8-1-2-10(13-7-8)14-5-3-9(12)4-6-14/h1-2,7,9H,3-6,12H2. The first-order valence-corrected chi connectivity index (χ1v) is 5.25. The van der Waals surface area contributed by atoms with Crippen LogP contribution in [0.1, 0.15) is 12.8 Å². The number of piperidine rings is 1. The predicted molar refractivity (Wildman–Crippen MR) is 58.7 cm³/mol. The number of anilines is 1. The number of halogens is 1. The van der Waals surface area contributed by atoms with E-state index in [0.29, 0.717) is 11.1 Å². The maximum atomic E-state index is 5.83. The molecule has 4 heteroatoms. The molecule has 1 aromatic rings. The Morgan fingerprint density at radius 1 is 1.36 bits per heavy atom. The Morgan fingerprint density at radius 2 is 2.07 bits per heavy atom. The summed E-state index contributed by atoms with van der Waals surface area (Å²) in [5.41, 5.74) is 5.83. The van der Waals surface area contributed by atoms with Crippen LogP contribution in [0.5, 0.6) is 0 Å². The molecular formula is C10H14ClN3. The van der Waals surface area contributed by atoms with Crippen molar-refractivity contribution in [2.45, 2.75) is 18.9 Å². The number of aromatic nitrogens is 1. The topological polar surface area (TPSA) is 42.1 Å². The quantitative estimate of drug-likeness (QED) is 0.769. The fourth-order valence-electron chi connectivity index (χ4n) is 1.68. The van der Waals surface area contributed by atoms with Crippen molar-refractivity contribution in [2.75, 3.05) is 18.0 Å². The molecule has 0 amide bonds. The number of rotatable bonds is 1. The Morgan fingerprint density at radius 3 is 2.64 bits per heavy atom. The molecule has 1 saturated heterocycles. The van der Waals surface area contributed by atoms with Gasteiger partial charge in [0.05, 0.1) is 5.02 Å². The van der Waals surface area contributed by atoms with Gasteiger partial charge in [-0.25, -0.2) is 4.98 Å². The summed E-state index contributed by atoms with van der Waals surface area (Å²) in [7, 11) is 0. The first kappa shape index (κ1) is 9.74. The lowest BCUT2D eigenvalue weighted by atomic mass is 10.1. The van der Waals surface area contributed by atoms with E-state index in [9.17, 15) is 0 Å². The van der Waals surface area contributed by atoms with Crippen LogP contribution in [0.4, 0.5) is 5.82 Å². The number of hydrogen-bond acceptors (Lipinski definition) is 3. The first-order chi connectivity index (χ1) is 6.75. The Kier molecular flexibility index (Phi) is 2.89. The van der Waals surface area contributed by atoms with E-state index in [-0.39, 0.29) is 0 Å². The van der Waals surface area contributed by atoms with Crippen molar-refractivity contribution in [1.82, 2.24) is 4.98 Å². The molecule has 2 rings (SSSR count). The molecular weight excluding hydrogens is 198 g/mol. The van der Waals surface area contributed by atoms with Crippen LogP contribution in [-0.4, -0.2) is 24.1 Å². The monoisotopic (exact) mass is 211 g/mol. The second-order valence-corrected chi connectivity index (χ2v) is 4.10. The third kappa shape index (κ3) is 2.16. The molecule has 76 valence electrons. The summed E-state index contributed by atoms with van der Waals surface area (Å²) >= 11 is 5.77. The van der Waals surface area contributed by atoms with Gasteiger partial charge in [-0.3, -0.25) is 0 Å². The van der Waals surface area contributed by atoms with Gasteiger partial charge in [-0.1, -0.05) is 11.6 Å². The van der Waals surface area contributed by atoms with Gasteiger partial charge < -0.3 is 10.6 Å². The minimum absolute atomic E-state index is 0.360. The lowest BCUT2D eigenvalue weighted by Gasteiger charge is -2.30. The highest BCUT2D eigenvalue weighted by atomic mass is 35.5. The van der Waals surface area contributed by atoms with Crippen molar-refractivity contribution in [1.29, 1.82) is 0 Å². The van der Waals surface area contributed by atoms with Crippen LogP contribution >= 0.6 is 11.6 Å². The van der Waals surface area contributed by atoms with Gasteiger partial charge >= 0.3 is 0 Å². The lowest BCUT2D eigenvalue weighted by Crippen LogP contribution is -2.40. The summed E-state index contributed by atoms with van der Waals surface area (Å²) in [4.78, 5) is 6.53. The molecule has 3 nitrogen and oxygen atoms in total. The van der Waals surface area contributed by atoms with E-state index in [2.05, 4.69) is 9.88 Å². The molecule has 0 bridgehead atoms. The van der Waals surface area contributed by atoms with E-state index < -0.39 is 0 Å². The van der Waals surface area contributed by atoms with E-state index in [4.69, 9.17) is 17.3 Å². The molecule has 1 aliphatic rings. The van der Waals surface area contributed by atoms with Crippen molar-refractivity contribution >= 4 is 17.4 Å². The Balaban J connectivity index is 2.05. The minimum atomic E-state index is 0.360. The number of pyridine rings is 1. The highest BCUT2D eigenvalue weighted by Crippen LogP contribution is 2.18. The molecule has 0 radical (unpaired) electrons. The molecule has 1 aromatic heterocycles. The van der Waals surface area contributed by atoms with E-state index in [0.717, 1.165) is 31.7 Å². The van der Waals surface area contributed by atoms with Crippen LogP contribution in [0.15, 0.2) is 18.3 Å². The highest BCUT2D eigenvalue weighted by molar-refractivity contribution is 6.30. The second kappa shape index (κ2) is 4.15. The van der Waals surface area contributed by atoms with E-state index in [1.165, 1.54) is 0 Å². The average molecular weight is 212 g/mol. The summed E-state index contributed by atoms with van der Waals surface area (Å²) < 4.78 is 0. The van der Waals surface area contributed by atoms with E-state index in [1.807, 2.05) is 12.1 Å². The molecule has 0 spiro atoms. The maximum absolute atomic E-state index is 5.83. The largest absolute Gasteiger partial charge is 0.357 e. The van der Waals surface area contributed by atoms with Crippen molar-refractivity contribution < 1.29 is 0 Å². The molecule has 0 unspecified atom stereocenters. The summed E-state index contributed by atoms with van der Waals surface area (Å²) in [5.74, 6) is 1.00. The van der Waals surface area contributed by atoms with Gasteiger partial charge in [0.25, 0.3) is 0 Å². The molecule has 1 aliphatic heterocycles. The molecule has 2 heterocycles. The third-order valence-electron chi connectivity index (χ3n) is 2.58. The van der Waals surface area contributed by atoms with Gasteiger partial charge in [-0.15, -0.1) is 0 Å². The number of hydrogen-bond donors (Lipinski definition) is 1. The summed E-state index contributed by atoms with van der Waals surface area (Å²) in [6, 6.07) is 4.19. The fraction of sp³-hybridized carbons (Fsp3) is 0.500. The molecule has 0 aliphatic carbocycles. The average Bonchev–Trinajstić information content (AvgIpc) is 2.21. The van der Waals surface area contributed by atoms with Crippen LogP contribution in [0.2, 0.25) is 5.02 Å². The van der Waals surface area contributed by atoms with Crippen LogP contribution in [0.25, 0.3) is 0 Å². The van der Waals surface area contributed by atoms with Crippen molar-refractivity contribution in [3.8, 4) is 0 Å². The van der Waals surface area contributed by atoms with Crippen LogP contribution in [0.3, 0.4) is 0 Å². The first-order valence-electron chi connectivity index (χ1n) is 4.88. The Labute approximate surface area is 88.9 Å². The highest BCUT2D eigenvalue weighted by Gasteiger charge is 2.16. The van der Waals surface area contributed by atoms with Crippen LogP contribution < -0.4 is 10.6 Å². The number of nitrogens with zero attached hydrogens (tertiary/aromatic N) is 2. The van der Waals surface area contributed by atoms with Crippen LogP contribution in [0, 0.1) is 0 Å². The predicted octanol–water partition coefficient (Wildman–Crippen LogP) is 1.66. The van der Waals surface area contributed by atoms with Gasteiger partial charge in [0.2, 0.25) is 0 Å². The molecule has 2 N–H and O–H groups in total. The van der Waals surface area contributed by atoms with Gasteiger partial charge in [0.15, 0.2) is 0 Å². The zero-order valence-electron chi connectivity index (χ0n) is 7.99. The zero-order valence-corrected chi connectivity index (χ0v) is 8.74. The third-order valence-corrected chi connectivity index (χ3v) is 2.80. The lowest BCUT2D eigenvalue weighted by molar-refractivity contribution is 0.498. The smallest absolute Gasteiger partial charge is 0.128 e. The van der Waals surface area contributed by atoms with Crippen molar-refractivity contribution in [3.63, 3.8) is 0 Å². The fourth-order valence-corrected chi connectivity index (χ4v) is 1.80. The summed E-state index contributed by atoms with van der Waals surface area (Å²) in [5, 5.41) is 0.683. The molecule has 1 fully saturated rings. The number of nitrogens with two attached hydrogens (primary N) is 1. The van der Waals surface area contributed by atoms with Gasteiger partial charge in [-0.05, 0) is 25.0 Å². The zero-order chi connectivity index (χ0) is 9.97. The Bertz CT molecular complexity index is 291. The molecule has 0 saturated carbocycles. The maximum Gasteiger partial charge on any atom is 0.128 e. The van der Waals surface area contributed by atoms with E-state index >= 15 is 0 Å². The Hall–Kier alpha value is -0.800. The molecule has 0 aromatic carbocycles. The molecule has 0 atom stereocenters. The molecule has 14 heavy (non-hydrogen) atoms. The van der Waals surface area contributed by atoms with Gasteiger partial charge in [0, 0.05) is 25.3 Å². The van der Waals surface area contributed by atoms with E-state index in [1.54, 1.807) is 6.20 Å². The van der Waals surface area contributed by atoms with Crippen molar-refractivity contribution in [3.05, 3.63) is 23.4 Å². The second-order valence-electron chi connectivity index (χ2n) is 3.66. The van der Waals surface area contributed by atoms with Crippen LogP contribution in [-0.2, 0) is 0 Å². The van der Waals surface area contributed by atoms with Crippen molar-refractivity contribution in [2.24, 2.45) is 5.73 Å². The SMILES string of the molecule is NC1CCN(c2ccc(Cl)cn2)CC1. The summed E-state index contributed by atoms with van der Waals surface area (Å²) in [6.45, 7) is 1.99.